The average molecular weight is 321 g/mol. The van der Waals surface area contributed by atoms with E-state index in [4.69, 9.17) is 16.9 Å². The molecule has 1 aliphatic rings. The molecule has 0 bridgehead atoms. The lowest BCUT2D eigenvalue weighted by molar-refractivity contribution is 0.170. The van der Waals surface area contributed by atoms with Gasteiger partial charge in [0.2, 0.25) is 0 Å². The van der Waals surface area contributed by atoms with Crippen LogP contribution in [0.1, 0.15) is 18.4 Å². The molecule has 0 spiro atoms. The summed E-state index contributed by atoms with van der Waals surface area (Å²) in [6.07, 6.45) is 2.34. The van der Waals surface area contributed by atoms with E-state index in [9.17, 15) is 4.79 Å². The number of anilines is 1. The molecule has 1 heterocycles. The van der Waals surface area contributed by atoms with Gasteiger partial charge in [0.25, 0.3) is 0 Å². The van der Waals surface area contributed by atoms with E-state index >= 15 is 0 Å². The minimum Gasteiger partial charge on any atom is -0.327 e. The van der Waals surface area contributed by atoms with Crippen LogP contribution in [-0.2, 0) is 0 Å². The number of rotatable bonds is 3. The fraction of sp³-hybridized carbons (Fsp3) is 0.500. The van der Waals surface area contributed by atoms with Crippen molar-refractivity contribution in [3.05, 3.63) is 28.8 Å². The third-order valence-corrected chi connectivity index (χ3v) is 4.25. The Morgan fingerprint density at radius 1 is 1.59 bits per heavy atom. The molecule has 0 saturated carbocycles. The zero-order valence-corrected chi connectivity index (χ0v) is 13.7. The van der Waals surface area contributed by atoms with Gasteiger partial charge in [0.1, 0.15) is 6.07 Å². The van der Waals surface area contributed by atoms with Crippen molar-refractivity contribution in [2.75, 3.05) is 39.0 Å². The van der Waals surface area contributed by atoms with Crippen molar-refractivity contribution in [3.63, 3.8) is 0 Å². The number of nitrogens with one attached hydrogen (secondary N) is 1. The predicted molar refractivity (Wildman–Crippen MR) is 88.0 cm³/mol. The van der Waals surface area contributed by atoms with Crippen molar-refractivity contribution in [2.45, 2.75) is 12.8 Å². The highest BCUT2D eigenvalue weighted by Crippen LogP contribution is 2.21. The van der Waals surface area contributed by atoms with E-state index in [0.717, 1.165) is 26.1 Å². The van der Waals surface area contributed by atoms with Crippen LogP contribution in [0.15, 0.2) is 18.2 Å². The van der Waals surface area contributed by atoms with Crippen molar-refractivity contribution in [2.24, 2.45) is 5.92 Å². The molecule has 1 saturated heterocycles. The Labute approximate surface area is 136 Å². The van der Waals surface area contributed by atoms with E-state index in [-0.39, 0.29) is 6.03 Å². The Morgan fingerprint density at radius 2 is 2.36 bits per heavy atom. The lowest BCUT2D eigenvalue weighted by atomic mass is 9.98. The molecule has 118 valence electrons. The second-order valence-corrected chi connectivity index (χ2v) is 6.29. The van der Waals surface area contributed by atoms with Crippen LogP contribution in [0.2, 0.25) is 5.02 Å². The third kappa shape index (κ3) is 4.36. The first-order chi connectivity index (χ1) is 10.5. The van der Waals surface area contributed by atoms with Crippen molar-refractivity contribution in [3.8, 4) is 6.07 Å². The van der Waals surface area contributed by atoms with Gasteiger partial charge in [-0.05, 0) is 50.6 Å². The number of carbonyl (C=O) groups is 1. The van der Waals surface area contributed by atoms with Gasteiger partial charge in [-0.25, -0.2) is 4.79 Å². The Balaban J connectivity index is 1.91. The van der Waals surface area contributed by atoms with Crippen LogP contribution in [0.3, 0.4) is 0 Å². The molecule has 2 amide bonds. The second kappa shape index (κ2) is 7.48. The number of hydrogen-bond acceptors (Lipinski definition) is 3. The number of nitrogens with zero attached hydrogens (tertiary/aromatic N) is 3. The van der Waals surface area contributed by atoms with Crippen molar-refractivity contribution in [1.82, 2.24) is 9.80 Å². The molecule has 1 N–H and O–H groups in total. The fourth-order valence-electron chi connectivity index (χ4n) is 2.79. The van der Waals surface area contributed by atoms with Gasteiger partial charge < -0.3 is 15.1 Å². The van der Waals surface area contributed by atoms with Gasteiger partial charge in [-0.3, -0.25) is 0 Å². The summed E-state index contributed by atoms with van der Waals surface area (Å²) in [5, 5.41) is 12.0. The molecule has 1 aromatic rings. The highest BCUT2D eigenvalue weighted by atomic mass is 35.5. The van der Waals surface area contributed by atoms with E-state index in [2.05, 4.69) is 17.3 Å². The lowest BCUT2D eigenvalue weighted by Crippen LogP contribution is -2.41. The van der Waals surface area contributed by atoms with Crippen LogP contribution in [0.25, 0.3) is 0 Å². The summed E-state index contributed by atoms with van der Waals surface area (Å²) in [6.45, 7) is 2.90. The van der Waals surface area contributed by atoms with Crippen LogP contribution < -0.4 is 5.32 Å². The van der Waals surface area contributed by atoms with Crippen molar-refractivity contribution in [1.29, 1.82) is 5.26 Å². The molecule has 1 unspecified atom stereocenters. The van der Waals surface area contributed by atoms with Crippen LogP contribution in [0, 0.1) is 17.2 Å². The summed E-state index contributed by atoms with van der Waals surface area (Å²) in [5.41, 5.74) is 1.000. The topological polar surface area (TPSA) is 59.4 Å². The lowest BCUT2D eigenvalue weighted by Gasteiger charge is -2.32. The molecule has 1 fully saturated rings. The van der Waals surface area contributed by atoms with Gasteiger partial charge >= 0.3 is 6.03 Å². The van der Waals surface area contributed by atoms with Gasteiger partial charge in [0.15, 0.2) is 0 Å². The molecule has 5 nitrogen and oxygen atoms in total. The van der Waals surface area contributed by atoms with Crippen LogP contribution >= 0.6 is 11.6 Å². The van der Waals surface area contributed by atoms with Crippen LogP contribution in [0.4, 0.5) is 10.5 Å². The highest BCUT2D eigenvalue weighted by Gasteiger charge is 2.20. The molecule has 0 radical (unpaired) electrons. The Hall–Kier alpha value is -1.77. The molecular weight excluding hydrogens is 300 g/mol. The van der Waals surface area contributed by atoms with Gasteiger partial charge in [-0.1, -0.05) is 11.6 Å². The Bertz CT molecular complexity index is 584. The monoisotopic (exact) mass is 320 g/mol. The summed E-state index contributed by atoms with van der Waals surface area (Å²) in [7, 11) is 3.92. The van der Waals surface area contributed by atoms with Crippen molar-refractivity contribution < 1.29 is 4.79 Å². The summed E-state index contributed by atoms with van der Waals surface area (Å²) in [4.78, 5) is 16.2. The number of benzene rings is 1. The summed E-state index contributed by atoms with van der Waals surface area (Å²) in [6, 6.07) is 6.73. The fourth-order valence-corrected chi connectivity index (χ4v) is 3.02. The molecule has 22 heavy (non-hydrogen) atoms. The van der Waals surface area contributed by atoms with Gasteiger partial charge in [-0.2, -0.15) is 5.26 Å². The number of piperidine rings is 1. The zero-order valence-electron chi connectivity index (χ0n) is 13.0. The van der Waals surface area contributed by atoms with E-state index in [1.165, 1.54) is 6.42 Å². The predicted octanol–water partition coefficient (Wildman–Crippen LogP) is 3.02. The minimum atomic E-state index is -0.158. The van der Waals surface area contributed by atoms with Crippen LogP contribution in [-0.4, -0.2) is 49.6 Å². The average Bonchev–Trinajstić information content (AvgIpc) is 2.47. The van der Waals surface area contributed by atoms with E-state index in [1.807, 2.05) is 6.07 Å². The van der Waals surface area contributed by atoms with Gasteiger partial charge in [0, 0.05) is 25.8 Å². The smallest absolute Gasteiger partial charge is 0.321 e. The first-order valence-electron chi connectivity index (χ1n) is 7.40. The molecule has 0 aromatic heterocycles. The Morgan fingerprint density at radius 3 is 3.00 bits per heavy atom. The normalized spacial score (nSPS) is 18.5. The highest BCUT2D eigenvalue weighted by molar-refractivity contribution is 6.32. The molecule has 1 aliphatic heterocycles. The Kier molecular flexibility index (Phi) is 5.64. The quantitative estimate of drug-likeness (QED) is 0.931. The SMILES string of the molecule is CN1CCCC(CN(C)C(=O)Nc2ccc(C#N)c(Cl)c2)C1. The number of halogens is 1. The van der Waals surface area contributed by atoms with E-state index in [1.54, 1.807) is 30.1 Å². The van der Waals surface area contributed by atoms with Gasteiger partial charge in [0.05, 0.1) is 10.6 Å². The zero-order chi connectivity index (χ0) is 16.1. The van der Waals surface area contributed by atoms with Crippen LogP contribution in [0.5, 0.6) is 0 Å². The number of likely N-dealkylation sites (tertiary alicyclic amines) is 1. The molecule has 2 rings (SSSR count). The molecular formula is C16H21ClN4O. The van der Waals surface area contributed by atoms with Crippen molar-refractivity contribution >= 4 is 23.3 Å². The largest absolute Gasteiger partial charge is 0.327 e. The standard InChI is InChI=1S/C16H21ClN4O/c1-20-7-3-4-12(10-20)11-21(2)16(22)19-14-6-5-13(9-18)15(17)8-14/h5-6,8,12H,3-4,7,10-11H2,1-2H3,(H,19,22). The maximum absolute atomic E-state index is 12.2. The summed E-state index contributed by atoms with van der Waals surface area (Å²) >= 11 is 5.97. The summed E-state index contributed by atoms with van der Waals surface area (Å²) < 4.78 is 0. The first kappa shape index (κ1) is 16.6. The van der Waals surface area contributed by atoms with E-state index < -0.39 is 0 Å². The number of urea groups is 1. The number of hydrogen-bond donors (Lipinski definition) is 1. The van der Waals surface area contributed by atoms with Gasteiger partial charge in [-0.15, -0.1) is 0 Å². The van der Waals surface area contributed by atoms with E-state index in [0.29, 0.717) is 22.2 Å². The first-order valence-corrected chi connectivity index (χ1v) is 7.77. The maximum atomic E-state index is 12.2. The molecule has 1 atom stereocenters. The second-order valence-electron chi connectivity index (χ2n) is 5.89. The maximum Gasteiger partial charge on any atom is 0.321 e. The molecule has 6 heteroatoms. The number of carbonyl (C=O) groups excluding carboxylic acids is 1. The molecule has 0 aliphatic carbocycles. The number of nitriles is 1. The minimum absolute atomic E-state index is 0.158. The number of amides is 2. The third-order valence-electron chi connectivity index (χ3n) is 3.94. The molecule has 1 aromatic carbocycles. The summed E-state index contributed by atoms with van der Waals surface area (Å²) in [5.74, 6) is 0.513.